The molecule has 0 saturated heterocycles. The molecule has 7 nitrogen and oxygen atoms in total. The molecule has 0 aliphatic rings. The number of amides is 1. The van der Waals surface area contributed by atoms with Crippen LogP contribution in [0.2, 0.25) is 0 Å². The Kier molecular flexibility index (Phi) is 5.50. The molecule has 106 valence electrons. The summed E-state index contributed by atoms with van der Waals surface area (Å²) in [5.74, 6) is -0.373. The molecule has 0 aliphatic carbocycles. The maximum absolute atomic E-state index is 11.8. The molecular weight excluding hydrogens is 248 g/mol. The first kappa shape index (κ1) is 15.2. The van der Waals surface area contributed by atoms with E-state index < -0.39 is 12.0 Å². The Balaban J connectivity index is 2.70. The van der Waals surface area contributed by atoms with E-state index in [-0.39, 0.29) is 23.9 Å². The van der Waals surface area contributed by atoms with Gasteiger partial charge in [-0.25, -0.2) is 4.79 Å². The van der Waals surface area contributed by atoms with Crippen molar-refractivity contribution in [3.63, 3.8) is 0 Å². The Morgan fingerprint density at radius 1 is 1.53 bits per heavy atom. The number of nitrogens with one attached hydrogen (secondary N) is 2. The average Bonchev–Trinajstić information content (AvgIpc) is 2.76. The average molecular weight is 268 g/mol. The summed E-state index contributed by atoms with van der Waals surface area (Å²) >= 11 is 0. The van der Waals surface area contributed by atoms with Crippen LogP contribution in [0.1, 0.15) is 37.6 Å². The van der Waals surface area contributed by atoms with Crippen LogP contribution in [0.15, 0.2) is 6.20 Å². The molecule has 0 saturated carbocycles. The zero-order chi connectivity index (χ0) is 14.4. The number of nitrogens with two attached hydrogens (primary N) is 1. The number of ether oxygens (including phenoxy) is 1. The summed E-state index contributed by atoms with van der Waals surface area (Å²) in [6.07, 6.45) is 1.87. The Bertz CT molecular complexity index is 442. The summed E-state index contributed by atoms with van der Waals surface area (Å²) < 4.78 is 4.85. The van der Waals surface area contributed by atoms with E-state index in [2.05, 4.69) is 15.5 Å². The van der Waals surface area contributed by atoms with Crippen molar-refractivity contribution in [3.8, 4) is 0 Å². The maximum atomic E-state index is 11.8. The minimum absolute atomic E-state index is 0.187. The third-order valence-corrected chi connectivity index (χ3v) is 2.44. The van der Waals surface area contributed by atoms with Crippen molar-refractivity contribution in [2.24, 2.45) is 11.7 Å². The van der Waals surface area contributed by atoms with Gasteiger partial charge in [0.25, 0.3) is 0 Å². The van der Waals surface area contributed by atoms with Gasteiger partial charge < -0.3 is 15.8 Å². The molecule has 0 aromatic carbocycles. The highest BCUT2D eigenvalue weighted by Gasteiger charge is 2.20. The van der Waals surface area contributed by atoms with E-state index in [1.807, 2.05) is 13.8 Å². The SMILES string of the molecule is CCOC(=O)c1cn[nH]c1NC(=O)[C@@H](N)CC(C)C. The fraction of sp³-hybridized carbons (Fsp3) is 0.583. The van der Waals surface area contributed by atoms with Crippen LogP contribution >= 0.6 is 0 Å². The number of aromatic nitrogens is 2. The van der Waals surface area contributed by atoms with Gasteiger partial charge in [0, 0.05) is 0 Å². The molecule has 0 bridgehead atoms. The van der Waals surface area contributed by atoms with E-state index in [0.717, 1.165) is 0 Å². The van der Waals surface area contributed by atoms with Crippen LogP contribution in [0.4, 0.5) is 5.82 Å². The van der Waals surface area contributed by atoms with Gasteiger partial charge in [0.1, 0.15) is 11.4 Å². The van der Waals surface area contributed by atoms with Crippen LogP contribution in [-0.2, 0) is 9.53 Å². The molecule has 1 aromatic heterocycles. The lowest BCUT2D eigenvalue weighted by Gasteiger charge is -2.13. The molecule has 0 fully saturated rings. The Hall–Kier alpha value is -1.89. The normalized spacial score (nSPS) is 12.3. The molecule has 4 N–H and O–H groups in total. The number of nitrogens with zero attached hydrogens (tertiary/aromatic N) is 1. The molecule has 0 aliphatic heterocycles. The van der Waals surface area contributed by atoms with Gasteiger partial charge in [-0.2, -0.15) is 5.10 Å². The summed E-state index contributed by atoms with van der Waals surface area (Å²) in [6, 6.07) is -0.627. The van der Waals surface area contributed by atoms with Gasteiger partial charge in [-0.3, -0.25) is 9.89 Å². The zero-order valence-electron chi connectivity index (χ0n) is 11.4. The van der Waals surface area contributed by atoms with Crippen LogP contribution in [-0.4, -0.2) is 34.7 Å². The molecule has 7 heteroatoms. The molecule has 1 amide bonds. The molecule has 1 heterocycles. The summed E-state index contributed by atoms with van der Waals surface area (Å²) in [5.41, 5.74) is 5.94. The van der Waals surface area contributed by atoms with E-state index in [4.69, 9.17) is 10.5 Å². The first-order valence-corrected chi connectivity index (χ1v) is 6.22. The van der Waals surface area contributed by atoms with Gasteiger partial charge in [0.2, 0.25) is 5.91 Å². The highest BCUT2D eigenvalue weighted by atomic mass is 16.5. The zero-order valence-corrected chi connectivity index (χ0v) is 11.4. The van der Waals surface area contributed by atoms with Crippen molar-refractivity contribution in [3.05, 3.63) is 11.8 Å². The standard InChI is InChI=1S/C12H20N4O3/c1-4-19-12(18)8-6-14-16-10(8)15-11(17)9(13)5-7(2)3/h6-7,9H,4-5,13H2,1-3H3,(H2,14,15,16,17)/t9-/m0/s1. The second-order valence-corrected chi connectivity index (χ2v) is 4.60. The smallest absolute Gasteiger partial charge is 0.343 e. The van der Waals surface area contributed by atoms with Gasteiger partial charge >= 0.3 is 5.97 Å². The van der Waals surface area contributed by atoms with E-state index in [1.165, 1.54) is 6.20 Å². The van der Waals surface area contributed by atoms with Crippen molar-refractivity contribution in [1.82, 2.24) is 10.2 Å². The number of rotatable bonds is 6. The lowest BCUT2D eigenvalue weighted by Crippen LogP contribution is -2.37. The second-order valence-electron chi connectivity index (χ2n) is 4.60. The van der Waals surface area contributed by atoms with Crippen molar-refractivity contribution < 1.29 is 14.3 Å². The van der Waals surface area contributed by atoms with E-state index >= 15 is 0 Å². The predicted molar refractivity (Wildman–Crippen MR) is 70.6 cm³/mol. The lowest BCUT2D eigenvalue weighted by atomic mass is 10.0. The fourth-order valence-electron chi connectivity index (χ4n) is 1.58. The van der Waals surface area contributed by atoms with Gasteiger partial charge in [-0.05, 0) is 19.3 Å². The van der Waals surface area contributed by atoms with Crippen molar-refractivity contribution in [2.75, 3.05) is 11.9 Å². The second kappa shape index (κ2) is 6.89. The largest absolute Gasteiger partial charge is 0.462 e. The Labute approximate surface area is 111 Å². The molecule has 1 rings (SSSR count). The molecule has 0 unspecified atom stereocenters. The highest BCUT2D eigenvalue weighted by molar-refractivity contribution is 6.01. The number of hydrogen-bond acceptors (Lipinski definition) is 5. The Morgan fingerprint density at radius 3 is 2.79 bits per heavy atom. The predicted octanol–water partition coefficient (Wildman–Crippen LogP) is 0.898. The molecule has 0 spiro atoms. The Morgan fingerprint density at radius 2 is 2.21 bits per heavy atom. The van der Waals surface area contributed by atoms with Gasteiger partial charge in [-0.1, -0.05) is 13.8 Å². The minimum atomic E-state index is -0.627. The molecule has 19 heavy (non-hydrogen) atoms. The van der Waals surface area contributed by atoms with Crippen LogP contribution < -0.4 is 11.1 Å². The third-order valence-electron chi connectivity index (χ3n) is 2.44. The number of aromatic amines is 1. The van der Waals surface area contributed by atoms with Gasteiger partial charge in [-0.15, -0.1) is 0 Å². The van der Waals surface area contributed by atoms with Crippen LogP contribution in [0.3, 0.4) is 0 Å². The maximum Gasteiger partial charge on any atom is 0.343 e. The number of carbonyl (C=O) groups excluding carboxylic acids is 2. The molecule has 1 aromatic rings. The number of hydrogen-bond donors (Lipinski definition) is 3. The summed E-state index contributed by atoms with van der Waals surface area (Å²) in [4.78, 5) is 23.4. The van der Waals surface area contributed by atoms with Gasteiger partial charge in [0.15, 0.2) is 0 Å². The van der Waals surface area contributed by atoms with E-state index in [9.17, 15) is 9.59 Å². The quantitative estimate of drug-likeness (QED) is 0.664. The van der Waals surface area contributed by atoms with Gasteiger partial charge in [0.05, 0.1) is 18.8 Å². The van der Waals surface area contributed by atoms with Crippen molar-refractivity contribution in [1.29, 1.82) is 0 Å². The van der Waals surface area contributed by atoms with Crippen LogP contribution in [0.5, 0.6) is 0 Å². The minimum Gasteiger partial charge on any atom is -0.462 e. The third kappa shape index (κ3) is 4.36. The fourth-order valence-corrected chi connectivity index (χ4v) is 1.58. The summed E-state index contributed by atoms with van der Waals surface area (Å²) in [7, 11) is 0. The highest BCUT2D eigenvalue weighted by Crippen LogP contribution is 2.13. The van der Waals surface area contributed by atoms with Crippen LogP contribution in [0.25, 0.3) is 0 Å². The lowest BCUT2D eigenvalue weighted by molar-refractivity contribution is -0.117. The number of anilines is 1. The monoisotopic (exact) mass is 268 g/mol. The number of carbonyl (C=O) groups is 2. The molecule has 0 radical (unpaired) electrons. The molecular formula is C12H20N4O3. The number of H-pyrrole nitrogens is 1. The van der Waals surface area contributed by atoms with Crippen molar-refractivity contribution in [2.45, 2.75) is 33.2 Å². The summed E-state index contributed by atoms with van der Waals surface area (Å²) in [5, 5.41) is 8.82. The topological polar surface area (TPSA) is 110 Å². The number of esters is 1. The van der Waals surface area contributed by atoms with E-state index in [0.29, 0.717) is 12.3 Å². The first-order valence-electron chi connectivity index (χ1n) is 6.22. The first-order chi connectivity index (χ1) is 8.95. The summed E-state index contributed by atoms with van der Waals surface area (Å²) in [6.45, 7) is 5.92. The van der Waals surface area contributed by atoms with Crippen LogP contribution in [0, 0.1) is 5.92 Å². The molecule has 1 atom stereocenters. The van der Waals surface area contributed by atoms with Crippen molar-refractivity contribution >= 4 is 17.7 Å². The van der Waals surface area contributed by atoms with E-state index in [1.54, 1.807) is 6.92 Å².